The summed E-state index contributed by atoms with van der Waals surface area (Å²) in [6, 6.07) is 0. The largest absolute Gasteiger partial charge is 0.506 e. The number of hydrogen-bond acceptors (Lipinski definition) is 10. The van der Waals surface area contributed by atoms with Crippen molar-refractivity contribution in [2.24, 2.45) is 0 Å². The number of hydrogen-bond donors (Lipinski definition) is 6. The summed E-state index contributed by atoms with van der Waals surface area (Å²) in [5.74, 6) is -2.53. The average molecular weight is 533 g/mol. The van der Waals surface area contributed by atoms with Gasteiger partial charge in [-0.05, 0) is 13.8 Å². The Labute approximate surface area is 213 Å². The van der Waals surface area contributed by atoms with Crippen LogP contribution < -0.4 is 0 Å². The van der Waals surface area contributed by atoms with Crippen LogP contribution in [0.25, 0.3) is 0 Å². The summed E-state index contributed by atoms with van der Waals surface area (Å²) in [6.07, 6.45) is 2.82. The van der Waals surface area contributed by atoms with E-state index in [0.717, 1.165) is 0 Å². The molecule has 0 bridgehead atoms. The van der Waals surface area contributed by atoms with E-state index in [1.165, 1.54) is 22.2 Å². The summed E-state index contributed by atoms with van der Waals surface area (Å²) in [5, 5.41) is 58.7. The van der Waals surface area contributed by atoms with Gasteiger partial charge in [-0.15, -0.1) is 0 Å². The molecule has 0 saturated carbocycles. The van der Waals surface area contributed by atoms with E-state index < -0.39 is 38.2 Å². The second-order valence-electron chi connectivity index (χ2n) is 7.92. The van der Waals surface area contributed by atoms with Gasteiger partial charge in [0, 0.05) is 77.9 Å². The standard InChI is InChI=1S/C22H30N4O8.Mn/c1-13-21(33)17(15(11-27)5-23-13)7-25(9-19(29)30)3-4-26(10-20(31)32)8-18-16(12-28)6-24-14(2)22(18)34;/h5-6,27-28,33-34H,3-4,7-12H2,1-2H3,(H,29,30)(H,31,32);. The van der Waals surface area contributed by atoms with Gasteiger partial charge in [-0.1, -0.05) is 0 Å². The molecule has 2 aromatic rings. The number of carboxylic acid groups (broad SMARTS) is 2. The maximum Gasteiger partial charge on any atom is 0.317 e. The fraction of sp³-hybridized carbons (Fsp3) is 0.455. The third-order valence-corrected chi connectivity index (χ3v) is 5.41. The molecule has 1 radical (unpaired) electrons. The number of aromatic hydroxyl groups is 2. The van der Waals surface area contributed by atoms with Gasteiger partial charge >= 0.3 is 11.9 Å². The molecule has 0 aliphatic carbocycles. The number of carbonyl (C=O) groups is 2. The minimum atomic E-state index is -1.12. The molecule has 2 aromatic heterocycles. The molecule has 6 N–H and O–H groups in total. The van der Waals surface area contributed by atoms with Crippen LogP contribution in [0.4, 0.5) is 0 Å². The number of aryl methyl sites for hydroxylation is 2. The van der Waals surface area contributed by atoms with Gasteiger partial charge in [0.15, 0.2) is 0 Å². The van der Waals surface area contributed by atoms with Crippen LogP contribution in [-0.4, -0.2) is 88.5 Å². The summed E-state index contributed by atoms with van der Waals surface area (Å²) in [5.41, 5.74) is 2.04. The van der Waals surface area contributed by atoms with Gasteiger partial charge in [0.05, 0.1) is 37.7 Å². The van der Waals surface area contributed by atoms with Crippen molar-refractivity contribution in [2.75, 3.05) is 26.2 Å². The Bertz CT molecular complexity index is 956. The molecule has 2 rings (SSSR count). The Morgan fingerprint density at radius 3 is 1.40 bits per heavy atom. The second-order valence-corrected chi connectivity index (χ2v) is 7.92. The average Bonchev–Trinajstić information content (AvgIpc) is 2.77. The van der Waals surface area contributed by atoms with E-state index in [1.807, 2.05) is 0 Å². The summed E-state index contributed by atoms with van der Waals surface area (Å²) in [7, 11) is 0. The van der Waals surface area contributed by atoms with Gasteiger partial charge in [0.1, 0.15) is 11.5 Å². The van der Waals surface area contributed by atoms with Crippen molar-refractivity contribution < 1.29 is 57.3 Å². The first-order chi connectivity index (χ1) is 16.1. The van der Waals surface area contributed by atoms with Crippen molar-refractivity contribution >= 4 is 11.9 Å². The number of aliphatic hydroxyl groups excluding tert-OH is 2. The van der Waals surface area contributed by atoms with Crippen LogP contribution in [0.3, 0.4) is 0 Å². The number of carboxylic acids is 2. The Morgan fingerprint density at radius 1 is 0.771 bits per heavy atom. The molecule has 0 fully saturated rings. The van der Waals surface area contributed by atoms with Crippen LogP contribution in [0.2, 0.25) is 0 Å². The van der Waals surface area contributed by atoms with Gasteiger partial charge in [0.25, 0.3) is 0 Å². The summed E-state index contributed by atoms with van der Waals surface area (Å²) in [6.45, 7) is 1.76. The molecule has 0 atom stereocenters. The van der Waals surface area contributed by atoms with Gasteiger partial charge in [-0.3, -0.25) is 29.4 Å². The second kappa shape index (κ2) is 13.9. The van der Waals surface area contributed by atoms with Gasteiger partial charge in [-0.2, -0.15) is 0 Å². The van der Waals surface area contributed by atoms with Crippen LogP contribution in [0, 0.1) is 13.8 Å². The van der Waals surface area contributed by atoms with Crippen LogP contribution >= 0.6 is 0 Å². The quantitative estimate of drug-likeness (QED) is 0.189. The van der Waals surface area contributed by atoms with Crippen LogP contribution in [-0.2, 0) is 53.0 Å². The third-order valence-electron chi connectivity index (χ3n) is 5.41. The molecule has 2 heterocycles. The molecule has 0 unspecified atom stereocenters. The van der Waals surface area contributed by atoms with E-state index in [-0.39, 0.29) is 54.7 Å². The first-order valence-electron chi connectivity index (χ1n) is 10.5. The Kier molecular flexibility index (Phi) is 12.0. The Morgan fingerprint density at radius 2 is 1.11 bits per heavy atom. The van der Waals surface area contributed by atoms with Crippen molar-refractivity contribution in [3.8, 4) is 11.5 Å². The van der Waals surface area contributed by atoms with Crippen molar-refractivity contribution in [1.82, 2.24) is 19.8 Å². The molecule has 0 saturated heterocycles. The summed E-state index contributed by atoms with van der Waals surface area (Å²) in [4.78, 5) is 33.9. The van der Waals surface area contributed by atoms with Crippen LogP contribution in [0.5, 0.6) is 11.5 Å². The third kappa shape index (κ3) is 8.42. The van der Waals surface area contributed by atoms with E-state index in [0.29, 0.717) is 33.6 Å². The number of aromatic nitrogens is 2. The number of aliphatic carboxylic acids is 2. The Hall–Kier alpha value is -2.80. The van der Waals surface area contributed by atoms with Crippen molar-refractivity contribution in [3.63, 3.8) is 0 Å². The van der Waals surface area contributed by atoms with Crippen molar-refractivity contribution in [3.05, 3.63) is 46.0 Å². The normalized spacial score (nSPS) is 11.0. The fourth-order valence-corrected chi connectivity index (χ4v) is 3.53. The Balaban J connectivity index is 0.00000612. The predicted molar refractivity (Wildman–Crippen MR) is 119 cm³/mol. The molecule has 193 valence electrons. The molecule has 0 aromatic carbocycles. The zero-order valence-corrected chi connectivity index (χ0v) is 20.7. The molecule has 13 heteroatoms. The number of nitrogens with zero attached hydrogens (tertiary/aromatic N) is 4. The van der Waals surface area contributed by atoms with Crippen LogP contribution in [0.1, 0.15) is 33.6 Å². The first kappa shape index (κ1) is 30.2. The molecule has 35 heavy (non-hydrogen) atoms. The molecule has 0 spiro atoms. The molecule has 12 nitrogen and oxygen atoms in total. The van der Waals surface area contributed by atoms with Crippen LogP contribution in [0.15, 0.2) is 12.4 Å². The first-order valence-corrected chi connectivity index (χ1v) is 10.5. The zero-order valence-electron chi connectivity index (χ0n) is 19.5. The van der Waals surface area contributed by atoms with E-state index in [1.54, 1.807) is 13.8 Å². The van der Waals surface area contributed by atoms with E-state index in [4.69, 9.17) is 0 Å². The minimum Gasteiger partial charge on any atom is -0.506 e. The number of aliphatic hydroxyl groups is 2. The smallest absolute Gasteiger partial charge is 0.317 e. The monoisotopic (exact) mass is 533 g/mol. The summed E-state index contributed by atoms with van der Waals surface area (Å²) >= 11 is 0. The molecular formula is C22H30MnN4O8. The fourth-order valence-electron chi connectivity index (χ4n) is 3.53. The van der Waals surface area contributed by atoms with Gasteiger partial charge < -0.3 is 30.6 Å². The van der Waals surface area contributed by atoms with Crippen molar-refractivity contribution in [2.45, 2.75) is 40.2 Å². The summed E-state index contributed by atoms with van der Waals surface area (Å²) < 4.78 is 0. The topological polar surface area (TPSA) is 188 Å². The van der Waals surface area contributed by atoms with Gasteiger partial charge in [-0.25, -0.2) is 0 Å². The van der Waals surface area contributed by atoms with E-state index >= 15 is 0 Å². The number of rotatable bonds is 13. The molecule has 0 aliphatic heterocycles. The SMILES string of the molecule is Cc1ncc(CO)c(CN(CCN(CC(=O)O)Cc2c(CO)cnc(C)c2O)CC(=O)O)c1O.[Mn]. The molecular weight excluding hydrogens is 503 g/mol. The number of pyridine rings is 2. The van der Waals surface area contributed by atoms with E-state index in [2.05, 4.69) is 9.97 Å². The van der Waals surface area contributed by atoms with E-state index in [9.17, 15) is 40.2 Å². The maximum absolute atomic E-state index is 11.4. The minimum absolute atomic E-state index is 0. The molecule has 0 aliphatic rings. The van der Waals surface area contributed by atoms with Gasteiger partial charge in [0.2, 0.25) is 0 Å². The maximum atomic E-state index is 11.4. The predicted octanol–water partition coefficient (Wildman–Crippen LogP) is -0.0399. The van der Waals surface area contributed by atoms with Crippen molar-refractivity contribution in [1.29, 1.82) is 0 Å². The zero-order chi connectivity index (χ0) is 25.4. The molecule has 0 amide bonds.